The molecular formula is C16H15F6N3O. The molecule has 0 spiro atoms. The van der Waals surface area contributed by atoms with Crippen LogP contribution in [0.2, 0.25) is 0 Å². The molecule has 0 saturated carbocycles. The summed E-state index contributed by atoms with van der Waals surface area (Å²) in [5.74, 6) is -0.0672. The van der Waals surface area contributed by atoms with Crippen molar-refractivity contribution in [1.82, 2.24) is 9.55 Å². The normalized spacial score (nSPS) is 15.1. The topological polar surface area (TPSA) is 30.3 Å². The van der Waals surface area contributed by atoms with Gasteiger partial charge in [0.15, 0.2) is 0 Å². The molecule has 3 rings (SSSR count). The van der Waals surface area contributed by atoms with Gasteiger partial charge in [-0.1, -0.05) is 0 Å². The Kier molecular flexibility index (Phi) is 4.76. The van der Waals surface area contributed by atoms with Crippen LogP contribution in [0.15, 0.2) is 30.6 Å². The smallest absolute Gasteiger partial charge is 0.406 e. The Morgan fingerprint density at radius 3 is 2.58 bits per heavy atom. The summed E-state index contributed by atoms with van der Waals surface area (Å²) in [7, 11) is 0. The Morgan fingerprint density at radius 2 is 1.88 bits per heavy atom. The van der Waals surface area contributed by atoms with Gasteiger partial charge in [-0.25, -0.2) is 4.98 Å². The number of aromatic nitrogens is 2. The van der Waals surface area contributed by atoms with Crippen LogP contribution in [-0.4, -0.2) is 28.6 Å². The summed E-state index contributed by atoms with van der Waals surface area (Å²) in [5.41, 5.74) is 1.33. The van der Waals surface area contributed by atoms with Crippen molar-refractivity contribution in [1.29, 1.82) is 0 Å². The molecule has 0 atom stereocenters. The molecule has 1 aliphatic rings. The number of benzene rings is 1. The summed E-state index contributed by atoms with van der Waals surface area (Å²) in [5, 5.41) is 0. The van der Waals surface area contributed by atoms with E-state index >= 15 is 0 Å². The number of halogens is 6. The molecule has 1 aliphatic heterocycles. The second-order valence-corrected chi connectivity index (χ2v) is 5.95. The van der Waals surface area contributed by atoms with E-state index in [9.17, 15) is 26.3 Å². The van der Waals surface area contributed by atoms with Crippen molar-refractivity contribution in [2.24, 2.45) is 0 Å². The maximum atomic E-state index is 12.6. The SMILES string of the molecule is FC(F)(F)Cn1ccnc1CN1CCCc2cc(OC(F)(F)F)ccc21. The maximum absolute atomic E-state index is 12.6. The van der Waals surface area contributed by atoms with E-state index < -0.39 is 19.1 Å². The van der Waals surface area contributed by atoms with Crippen molar-refractivity contribution in [2.75, 3.05) is 11.4 Å². The van der Waals surface area contributed by atoms with Gasteiger partial charge in [0.05, 0.1) is 6.54 Å². The van der Waals surface area contributed by atoms with E-state index in [0.717, 1.165) is 4.57 Å². The van der Waals surface area contributed by atoms with Crippen LogP contribution >= 0.6 is 0 Å². The fourth-order valence-electron chi connectivity index (χ4n) is 3.01. The summed E-state index contributed by atoms with van der Waals surface area (Å²) in [6, 6.07) is 4.01. The maximum Gasteiger partial charge on any atom is 0.573 e. The number of rotatable bonds is 4. The number of fused-ring (bicyclic) bond motifs is 1. The average molecular weight is 379 g/mol. The van der Waals surface area contributed by atoms with E-state index in [0.29, 0.717) is 30.6 Å². The number of imidazole rings is 1. The Labute approximate surface area is 145 Å². The first-order valence-corrected chi connectivity index (χ1v) is 7.81. The first kappa shape index (κ1) is 18.4. The van der Waals surface area contributed by atoms with Gasteiger partial charge in [0.2, 0.25) is 0 Å². The predicted molar refractivity (Wildman–Crippen MR) is 80.8 cm³/mol. The first-order chi connectivity index (χ1) is 12.1. The molecule has 0 unspecified atom stereocenters. The number of hydrogen-bond donors (Lipinski definition) is 0. The van der Waals surface area contributed by atoms with Crippen LogP contribution in [0.1, 0.15) is 17.8 Å². The van der Waals surface area contributed by atoms with Crippen LogP contribution in [0.5, 0.6) is 5.75 Å². The van der Waals surface area contributed by atoms with E-state index in [4.69, 9.17) is 0 Å². The summed E-state index contributed by atoms with van der Waals surface area (Å²) < 4.78 is 79.9. The van der Waals surface area contributed by atoms with Crippen LogP contribution in [0.4, 0.5) is 32.0 Å². The van der Waals surface area contributed by atoms with E-state index in [1.165, 1.54) is 30.6 Å². The minimum atomic E-state index is -4.77. The number of anilines is 1. The first-order valence-electron chi connectivity index (χ1n) is 7.81. The van der Waals surface area contributed by atoms with Crippen molar-refractivity contribution in [2.45, 2.75) is 38.5 Å². The van der Waals surface area contributed by atoms with Crippen molar-refractivity contribution >= 4 is 5.69 Å². The monoisotopic (exact) mass is 379 g/mol. The zero-order chi connectivity index (χ0) is 18.9. The highest BCUT2D eigenvalue weighted by Crippen LogP contribution is 2.33. The van der Waals surface area contributed by atoms with Gasteiger partial charge in [0, 0.05) is 24.6 Å². The summed E-state index contributed by atoms with van der Waals surface area (Å²) >= 11 is 0. The number of hydrogen-bond acceptors (Lipinski definition) is 3. The minimum absolute atomic E-state index is 0.134. The molecule has 1 aromatic heterocycles. The molecule has 0 radical (unpaired) electrons. The quantitative estimate of drug-likeness (QED) is 0.743. The number of ether oxygens (including phenoxy) is 1. The Balaban J connectivity index is 1.79. The molecule has 0 aliphatic carbocycles. The lowest BCUT2D eigenvalue weighted by atomic mass is 10.0. The van der Waals surface area contributed by atoms with Crippen molar-refractivity contribution in [3.05, 3.63) is 42.0 Å². The van der Waals surface area contributed by atoms with Crippen LogP contribution in [0.3, 0.4) is 0 Å². The molecule has 10 heteroatoms. The Hall–Kier alpha value is -2.39. The van der Waals surface area contributed by atoms with E-state index in [1.54, 1.807) is 0 Å². The molecule has 2 aromatic rings. The highest BCUT2D eigenvalue weighted by Gasteiger charge is 2.32. The fourth-order valence-corrected chi connectivity index (χ4v) is 3.01. The summed E-state index contributed by atoms with van der Waals surface area (Å²) in [4.78, 5) is 5.79. The number of nitrogens with zero attached hydrogens (tertiary/aromatic N) is 3. The van der Waals surface area contributed by atoms with Crippen LogP contribution < -0.4 is 9.64 Å². The molecule has 0 fully saturated rings. The van der Waals surface area contributed by atoms with E-state index in [2.05, 4.69) is 9.72 Å². The van der Waals surface area contributed by atoms with Crippen LogP contribution in [0.25, 0.3) is 0 Å². The third-order valence-electron chi connectivity index (χ3n) is 3.98. The van der Waals surface area contributed by atoms with Gasteiger partial charge >= 0.3 is 12.5 Å². The molecule has 2 heterocycles. The summed E-state index contributed by atoms with van der Waals surface area (Å²) in [6.07, 6.45) is -5.34. The van der Waals surface area contributed by atoms with Gasteiger partial charge in [0.25, 0.3) is 0 Å². The van der Waals surface area contributed by atoms with Gasteiger partial charge in [-0.2, -0.15) is 13.2 Å². The van der Waals surface area contributed by atoms with Crippen molar-refractivity contribution in [3.63, 3.8) is 0 Å². The van der Waals surface area contributed by atoms with Gasteiger partial charge < -0.3 is 14.2 Å². The lowest BCUT2D eigenvalue weighted by Gasteiger charge is -2.31. The zero-order valence-electron chi connectivity index (χ0n) is 13.4. The highest BCUT2D eigenvalue weighted by atomic mass is 19.4. The molecule has 1 aromatic carbocycles. The van der Waals surface area contributed by atoms with E-state index in [-0.39, 0.29) is 18.1 Å². The predicted octanol–water partition coefficient (Wildman–Crippen LogP) is 4.30. The third-order valence-corrected chi connectivity index (χ3v) is 3.98. The molecule has 0 bridgehead atoms. The molecule has 0 saturated heterocycles. The molecule has 0 amide bonds. The summed E-state index contributed by atoms with van der Waals surface area (Å²) in [6.45, 7) is -0.428. The van der Waals surface area contributed by atoms with Gasteiger partial charge in [-0.3, -0.25) is 0 Å². The minimum Gasteiger partial charge on any atom is -0.406 e. The lowest BCUT2D eigenvalue weighted by Crippen LogP contribution is -2.31. The lowest BCUT2D eigenvalue weighted by molar-refractivity contribution is -0.274. The second-order valence-electron chi connectivity index (χ2n) is 5.95. The molecular weight excluding hydrogens is 364 g/mol. The van der Waals surface area contributed by atoms with Gasteiger partial charge in [-0.15, -0.1) is 13.2 Å². The molecule has 142 valence electrons. The van der Waals surface area contributed by atoms with Crippen LogP contribution in [-0.2, 0) is 19.5 Å². The van der Waals surface area contributed by atoms with Crippen LogP contribution in [0, 0.1) is 0 Å². The third kappa shape index (κ3) is 4.61. The number of aryl methyl sites for hydroxylation is 1. The standard InChI is InChI=1S/C16H15F6N3O/c17-15(18,19)10-25-7-5-23-14(25)9-24-6-1-2-11-8-12(3-4-13(11)24)26-16(20,21)22/h3-5,7-8H,1-2,6,9-10H2. The van der Waals surface area contributed by atoms with Gasteiger partial charge in [0.1, 0.15) is 18.1 Å². The fraction of sp³-hybridized carbons (Fsp3) is 0.438. The number of alkyl halides is 6. The Bertz CT molecular complexity index is 768. The van der Waals surface area contributed by atoms with E-state index in [1.807, 2.05) is 4.90 Å². The highest BCUT2D eigenvalue weighted by molar-refractivity contribution is 5.58. The molecule has 0 N–H and O–H groups in total. The average Bonchev–Trinajstić information content (AvgIpc) is 2.90. The van der Waals surface area contributed by atoms with Crippen molar-refractivity contribution in [3.8, 4) is 5.75 Å². The Morgan fingerprint density at radius 1 is 1.12 bits per heavy atom. The zero-order valence-corrected chi connectivity index (χ0v) is 13.4. The largest absolute Gasteiger partial charge is 0.573 e. The van der Waals surface area contributed by atoms with Crippen molar-refractivity contribution < 1.29 is 31.1 Å². The molecule has 4 nitrogen and oxygen atoms in total. The van der Waals surface area contributed by atoms with Gasteiger partial charge in [-0.05, 0) is 36.6 Å². The molecule has 26 heavy (non-hydrogen) atoms. The second kappa shape index (κ2) is 6.73.